The molecule has 0 unspecified atom stereocenters. The molecule has 2 heterocycles. The summed E-state index contributed by atoms with van der Waals surface area (Å²) in [5.74, 6) is 0.114. The topological polar surface area (TPSA) is 93.6 Å². The van der Waals surface area contributed by atoms with Crippen LogP contribution in [0.3, 0.4) is 0 Å². The van der Waals surface area contributed by atoms with Gasteiger partial charge in [-0.2, -0.15) is 0 Å². The zero-order chi connectivity index (χ0) is 14.5. The van der Waals surface area contributed by atoms with Crippen molar-refractivity contribution >= 4 is 17.5 Å². The summed E-state index contributed by atoms with van der Waals surface area (Å²) in [5, 5.41) is 11.9. The third-order valence-electron chi connectivity index (χ3n) is 2.51. The van der Waals surface area contributed by atoms with Gasteiger partial charge in [0.2, 0.25) is 5.88 Å². The molecule has 0 atom stereocenters. The summed E-state index contributed by atoms with van der Waals surface area (Å²) >= 11 is 0. The number of rotatable bonds is 5. The van der Waals surface area contributed by atoms with Gasteiger partial charge in [0.15, 0.2) is 17.3 Å². The van der Waals surface area contributed by atoms with Crippen LogP contribution in [0.15, 0.2) is 30.5 Å². The second kappa shape index (κ2) is 5.87. The number of anilines is 2. The van der Waals surface area contributed by atoms with Crippen molar-refractivity contribution in [2.75, 3.05) is 19.5 Å². The molecule has 20 heavy (non-hydrogen) atoms. The lowest BCUT2D eigenvalue weighted by molar-refractivity contribution is 0.0690. The summed E-state index contributed by atoms with van der Waals surface area (Å²) < 4.78 is 10.1. The SMILES string of the molecule is COc1ccc(Nc2nc(C(=O)O)ccc2OC)cn1. The Bertz CT molecular complexity index is 614. The van der Waals surface area contributed by atoms with Gasteiger partial charge >= 0.3 is 5.97 Å². The Balaban J connectivity index is 2.30. The second-order valence-corrected chi connectivity index (χ2v) is 3.77. The number of carboxylic acid groups (broad SMARTS) is 1. The number of ether oxygens (including phenoxy) is 2. The molecular formula is C13H13N3O4. The largest absolute Gasteiger partial charge is 0.493 e. The smallest absolute Gasteiger partial charge is 0.354 e. The number of hydrogen-bond donors (Lipinski definition) is 2. The van der Waals surface area contributed by atoms with Crippen molar-refractivity contribution in [1.82, 2.24) is 9.97 Å². The van der Waals surface area contributed by atoms with Crippen molar-refractivity contribution < 1.29 is 19.4 Å². The number of aromatic nitrogens is 2. The Morgan fingerprint density at radius 2 is 2.00 bits per heavy atom. The highest BCUT2D eigenvalue weighted by atomic mass is 16.5. The maximum Gasteiger partial charge on any atom is 0.354 e. The lowest BCUT2D eigenvalue weighted by atomic mass is 10.3. The average molecular weight is 275 g/mol. The molecule has 0 amide bonds. The minimum atomic E-state index is -1.11. The highest BCUT2D eigenvalue weighted by Gasteiger charge is 2.11. The summed E-state index contributed by atoms with van der Waals surface area (Å²) in [6, 6.07) is 6.32. The van der Waals surface area contributed by atoms with Crippen molar-refractivity contribution in [2.45, 2.75) is 0 Å². The Labute approximate surface area is 115 Å². The van der Waals surface area contributed by atoms with Gasteiger partial charge in [-0.25, -0.2) is 14.8 Å². The quantitative estimate of drug-likeness (QED) is 0.861. The number of hydrogen-bond acceptors (Lipinski definition) is 6. The van der Waals surface area contributed by atoms with E-state index in [0.717, 1.165) is 0 Å². The average Bonchev–Trinajstić information content (AvgIpc) is 2.48. The van der Waals surface area contributed by atoms with Gasteiger partial charge in [-0.1, -0.05) is 0 Å². The Kier molecular flexibility index (Phi) is 3.99. The monoisotopic (exact) mass is 275 g/mol. The van der Waals surface area contributed by atoms with Crippen molar-refractivity contribution in [2.24, 2.45) is 0 Å². The lowest BCUT2D eigenvalue weighted by Gasteiger charge is -2.10. The van der Waals surface area contributed by atoms with E-state index in [1.807, 2.05) is 0 Å². The van der Waals surface area contributed by atoms with E-state index >= 15 is 0 Å². The molecule has 7 nitrogen and oxygen atoms in total. The third kappa shape index (κ3) is 2.94. The van der Waals surface area contributed by atoms with Gasteiger partial charge in [-0.3, -0.25) is 0 Å². The minimum absolute atomic E-state index is 0.0743. The predicted octanol–water partition coefficient (Wildman–Crippen LogP) is 1.94. The molecule has 0 saturated carbocycles. The van der Waals surface area contributed by atoms with Gasteiger partial charge < -0.3 is 19.9 Å². The molecule has 7 heteroatoms. The number of pyridine rings is 2. The van der Waals surface area contributed by atoms with Gasteiger partial charge in [0, 0.05) is 6.07 Å². The van der Waals surface area contributed by atoms with Gasteiger partial charge in [-0.05, 0) is 18.2 Å². The van der Waals surface area contributed by atoms with Gasteiger partial charge in [-0.15, -0.1) is 0 Å². The molecular weight excluding hydrogens is 262 g/mol. The fourth-order valence-electron chi connectivity index (χ4n) is 1.53. The van der Waals surface area contributed by atoms with Crippen LogP contribution in [0.5, 0.6) is 11.6 Å². The van der Waals surface area contributed by atoms with Crippen LogP contribution in [0.25, 0.3) is 0 Å². The van der Waals surface area contributed by atoms with Crippen LogP contribution in [0.4, 0.5) is 11.5 Å². The van der Waals surface area contributed by atoms with E-state index in [2.05, 4.69) is 15.3 Å². The van der Waals surface area contributed by atoms with Gasteiger partial charge in [0.25, 0.3) is 0 Å². The van der Waals surface area contributed by atoms with E-state index in [4.69, 9.17) is 14.6 Å². The van der Waals surface area contributed by atoms with Crippen LogP contribution in [-0.4, -0.2) is 35.3 Å². The molecule has 0 spiro atoms. The molecule has 2 rings (SSSR count). The van der Waals surface area contributed by atoms with Crippen LogP contribution in [0.1, 0.15) is 10.5 Å². The van der Waals surface area contributed by atoms with Crippen molar-refractivity contribution in [3.05, 3.63) is 36.2 Å². The Morgan fingerprint density at radius 1 is 1.20 bits per heavy atom. The first-order valence-electron chi connectivity index (χ1n) is 5.69. The number of nitrogens with one attached hydrogen (secondary N) is 1. The van der Waals surface area contributed by atoms with E-state index < -0.39 is 5.97 Å². The fraction of sp³-hybridized carbons (Fsp3) is 0.154. The molecule has 0 bridgehead atoms. The van der Waals surface area contributed by atoms with Crippen molar-refractivity contribution in [1.29, 1.82) is 0 Å². The van der Waals surface area contributed by atoms with Crippen LogP contribution in [0, 0.1) is 0 Å². The summed E-state index contributed by atoms with van der Waals surface area (Å²) in [6.07, 6.45) is 1.55. The first-order valence-corrected chi connectivity index (χ1v) is 5.69. The number of nitrogens with zero attached hydrogens (tertiary/aromatic N) is 2. The summed E-state index contributed by atoms with van der Waals surface area (Å²) in [4.78, 5) is 19.0. The van der Waals surface area contributed by atoms with Crippen LogP contribution in [-0.2, 0) is 0 Å². The summed E-state index contributed by atoms with van der Waals surface area (Å²) in [7, 11) is 3.01. The highest BCUT2D eigenvalue weighted by molar-refractivity contribution is 5.86. The zero-order valence-corrected chi connectivity index (χ0v) is 11.0. The van der Waals surface area contributed by atoms with Crippen LogP contribution >= 0.6 is 0 Å². The predicted molar refractivity (Wildman–Crippen MR) is 71.8 cm³/mol. The normalized spacial score (nSPS) is 9.90. The zero-order valence-electron chi connectivity index (χ0n) is 11.0. The number of carbonyl (C=O) groups is 1. The summed E-state index contributed by atoms with van der Waals surface area (Å²) in [6.45, 7) is 0. The molecule has 0 aromatic carbocycles. The van der Waals surface area contributed by atoms with E-state index in [0.29, 0.717) is 23.1 Å². The van der Waals surface area contributed by atoms with E-state index in [-0.39, 0.29) is 5.69 Å². The molecule has 2 aromatic rings. The van der Waals surface area contributed by atoms with Crippen molar-refractivity contribution in [3.63, 3.8) is 0 Å². The van der Waals surface area contributed by atoms with Crippen molar-refractivity contribution in [3.8, 4) is 11.6 Å². The fourth-order valence-corrected chi connectivity index (χ4v) is 1.53. The first kappa shape index (κ1) is 13.6. The first-order chi connectivity index (χ1) is 9.63. The maximum atomic E-state index is 10.9. The van der Waals surface area contributed by atoms with Gasteiger partial charge in [0.05, 0.1) is 26.1 Å². The number of aromatic carboxylic acids is 1. The summed E-state index contributed by atoms with van der Waals surface area (Å²) in [5.41, 5.74) is 0.564. The molecule has 0 fully saturated rings. The molecule has 0 aliphatic heterocycles. The number of carboxylic acids is 1. The third-order valence-corrected chi connectivity index (χ3v) is 2.51. The van der Waals surface area contributed by atoms with Crippen LogP contribution < -0.4 is 14.8 Å². The molecule has 0 aliphatic carbocycles. The minimum Gasteiger partial charge on any atom is -0.493 e. The van der Waals surface area contributed by atoms with E-state index in [1.165, 1.54) is 26.4 Å². The molecule has 2 aromatic heterocycles. The molecule has 0 saturated heterocycles. The number of methoxy groups -OCH3 is 2. The molecule has 0 radical (unpaired) electrons. The van der Waals surface area contributed by atoms with Gasteiger partial charge in [0.1, 0.15) is 0 Å². The lowest BCUT2D eigenvalue weighted by Crippen LogP contribution is -2.05. The standard InChI is InChI=1S/C13H13N3O4/c1-19-10-5-4-9(13(17)18)16-12(10)15-8-3-6-11(20-2)14-7-8/h3-7H,1-2H3,(H,15,16)(H,17,18). The maximum absolute atomic E-state index is 10.9. The highest BCUT2D eigenvalue weighted by Crippen LogP contribution is 2.26. The molecule has 2 N–H and O–H groups in total. The van der Waals surface area contributed by atoms with E-state index in [9.17, 15) is 4.79 Å². The molecule has 0 aliphatic rings. The van der Waals surface area contributed by atoms with E-state index in [1.54, 1.807) is 18.3 Å². The second-order valence-electron chi connectivity index (χ2n) is 3.77. The molecule has 104 valence electrons. The Hall–Kier alpha value is -2.83. The van der Waals surface area contributed by atoms with Crippen LogP contribution in [0.2, 0.25) is 0 Å². The Morgan fingerprint density at radius 3 is 2.55 bits per heavy atom.